The molecule has 25 heavy (non-hydrogen) atoms. The first-order valence-corrected chi connectivity index (χ1v) is 9.08. The van der Waals surface area contributed by atoms with Crippen LogP contribution in [-0.2, 0) is 0 Å². The first kappa shape index (κ1) is 17.4. The van der Waals surface area contributed by atoms with Crippen molar-refractivity contribution in [3.05, 3.63) is 41.1 Å². The van der Waals surface area contributed by atoms with Gasteiger partial charge in [0.15, 0.2) is 5.78 Å². The van der Waals surface area contributed by atoms with Crippen molar-refractivity contribution in [2.45, 2.75) is 58.9 Å². The molecule has 0 amide bonds. The molecule has 0 unspecified atom stereocenters. The first-order valence-electron chi connectivity index (χ1n) is 9.08. The number of carbonyl (C=O) groups excluding carboxylic acids is 1. The number of carbonyl (C=O) groups is 1. The first-order chi connectivity index (χ1) is 11.9. The van der Waals surface area contributed by atoms with Crippen molar-refractivity contribution < 1.29 is 4.79 Å². The van der Waals surface area contributed by atoms with E-state index in [1.807, 2.05) is 28.9 Å². The van der Waals surface area contributed by atoms with E-state index in [1.54, 1.807) is 0 Å². The maximum absolute atomic E-state index is 13.0. The third kappa shape index (κ3) is 3.51. The molecule has 0 N–H and O–H groups in total. The third-order valence-corrected chi connectivity index (χ3v) is 4.57. The molecule has 1 aliphatic carbocycles. The van der Waals surface area contributed by atoms with Crippen LogP contribution in [0.1, 0.15) is 80.5 Å². The van der Waals surface area contributed by atoms with Gasteiger partial charge in [-0.15, -0.1) is 0 Å². The molecule has 1 heterocycles. The van der Waals surface area contributed by atoms with Gasteiger partial charge in [0.1, 0.15) is 5.69 Å². The highest BCUT2D eigenvalue weighted by atomic mass is 16.1. The van der Waals surface area contributed by atoms with E-state index in [0.717, 1.165) is 35.4 Å². The van der Waals surface area contributed by atoms with Crippen molar-refractivity contribution in [3.63, 3.8) is 0 Å². The maximum atomic E-state index is 13.0. The van der Waals surface area contributed by atoms with E-state index in [-0.39, 0.29) is 11.8 Å². The van der Waals surface area contributed by atoms with Gasteiger partial charge in [-0.1, -0.05) is 26.0 Å². The highest BCUT2D eigenvalue weighted by molar-refractivity contribution is 5.98. The van der Waals surface area contributed by atoms with Crippen molar-refractivity contribution >= 4 is 5.78 Å². The van der Waals surface area contributed by atoms with Gasteiger partial charge in [-0.2, -0.15) is 10.4 Å². The molecule has 0 atom stereocenters. The van der Waals surface area contributed by atoms with Crippen LogP contribution < -0.4 is 0 Å². The fourth-order valence-electron chi connectivity index (χ4n) is 3.24. The average Bonchev–Trinajstić information content (AvgIpc) is 3.33. The molecule has 0 radical (unpaired) electrons. The average molecular weight is 335 g/mol. The van der Waals surface area contributed by atoms with Crippen LogP contribution in [0, 0.1) is 17.2 Å². The molecule has 1 saturated carbocycles. The van der Waals surface area contributed by atoms with Crippen LogP contribution in [0.15, 0.2) is 24.3 Å². The standard InChI is InChI=1S/C21H25N3O/c1-13(2)11-18(25)21-19(16-9-10-16)20(23-24(21)14(3)4)17-7-5-15(12-22)6-8-17/h5-8,13-14,16H,9-11H2,1-4H3. The fourth-order valence-corrected chi connectivity index (χ4v) is 3.24. The second kappa shape index (κ2) is 6.84. The Morgan fingerprint density at radius 3 is 2.36 bits per heavy atom. The summed E-state index contributed by atoms with van der Waals surface area (Å²) in [5.41, 5.74) is 4.44. The van der Waals surface area contributed by atoms with E-state index in [0.29, 0.717) is 23.8 Å². The summed E-state index contributed by atoms with van der Waals surface area (Å²) in [5.74, 6) is 0.954. The molecule has 130 valence electrons. The van der Waals surface area contributed by atoms with Gasteiger partial charge < -0.3 is 0 Å². The zero-order valence-electron chi connectivity index (χ0n) is 15.4. The van der Waals surface area contributed by atoms with Crippen molar-refractivity contribution in [1.82, 2.24) is 9.78 Å². The van der Waals surface area contributed by atoms with Crippen molar-refractivity contribution in [2.24, 2.45) is 5.92 Å². The minimum atomic E-state index is 0.135. The maximum Gasteiger partial charge on any atom is 0.181 e. The second-order valence-electron chi connectivity index (χ2n) is 7.63. The lowest BCUT2D eigenvalue weighted by Gasteiger charge is -2.12. The van der Waals surface area contributed by atoms with Crippen LogP contribution in [0.25, 0.3) is 11.3 Å². The Labute approximate surface area is 149 Å². The van der Waals surface area contributed by atoms with Crippen LogP contribution in [-0.4, -0.2) is 15.6 Å². The van der Waals surface area contributed by atoms with Gasteiger partial charge in [-0.25, -0.2) is 0 Å². The summed E-state index contributed by atoms with van der Waals surface area (Å²) in [6, 6.07) is 9.79. The second-order valence-corrected chi connectivity index (χ2v) is 7.63. The highest BCUT2D eigenvalue weighted by Gasteiger charge is 2.35. The molecule has 4 nitrogen and oxygen atoms in total. The van der Waals surface area contributed by atoms with E-state index < -0.39 is 0 Å². The normalized spacial score (nSPS) is 14.1. The monoisotopic (exact) mass is 335 g/mol. The van der Waals surface area contributed by atoms with Gasteiger partial charge in [0.2, 0.25) is 0 Å². The molecule has 1 aromatic carbocycles. The smallest absolute Gasteiger partial charge is 0.181 e. The van der Waals surface area contributed by atoms with E-state index in [1.165, 1.54) is 0 Å². The Morgan fingerprint density at radius 1 is 1.24 bits per heavy atom. The number of nitrogens with zero attached hydrogens (tertiary/aromatic N) is 3. The van der Waals surface area contributed by atoms with Gasteiger partial charge >= 0.3 is 0 Å². The number of hydrogen-bond acceptors (Lipinski definition) is 3. The van der Waals surface area contributed by atoms with Crippen LogP contribution in [0.5, 0.6) is 0 Å². The summed E-state index contributed by atoms with van der Waals surface area (Å²) in [5, 5.41) is 13.9. The van der Waals surface area contributed by atoms with E-state index in [2.05, 4.69) is 33.8 Å². The van der Waals surface area contributed by atoms with Gasteiger partial charge in [0.25, 0.3) is 0 Å². The molecule has 4 heteroatoms. The fraction of sp³-hybridized carbons (Fsp3) is 0.476. The van der Waals surface area contributed by atoms with Crippen molar-refractivity contribution in [1.29, 1.82) is 5.26 Å². The zero-order valence-corrected chi connectivity index (χ0v) is 15.4. The molecular weight excluding hydrogens is 310 g/mol. The van der Waals surface area contributed by atoms with Crippen LogP contribution in [0.4, 0.5) is 0 Å². The quantitative estimate of drug-likeness (QED) is 0.689. The van der Waals surface area contributed by atoms with E-state index in [9.17, 15) is 4.79 Å². The van der Waals surface area contributed by atoms with Crippen molar-refractivity contribution in [3.8, 4) is 17.3 Å². The Hall–Kier alpha value is -2.41. The number of aromatic nitrogens is 2. The van der Waals surface area contributed by atoms with Crippen LogP contribution in [0.2, 0.25) is 0 Å². The minimum absolute atomic E-state index is 0.135. The lowest BCUT2D eigenvalue weighted by molar-refractivity contribution is 0.0954. The molecule has 0 spiro atoms. The lowest BCUT2D eigenvalue weighted by Crippen LogP contribution is -2.15. The van der Waals surface area contributed by atoms with Gasteiger partial charge in [-0.05, 0) is 50.7 Å². The topological polar surface area (TPSA) is 58.7 Å². The number of nitriles is 1. The summed E-state index contributed by atoms with van der Waals surface area (Å²) in [7, 11) is 0. The molecule has 1 fully saturated rings. The van der Waals surface area contributed by atoms with Crippen molar-refractivity contribution in [2.75, 3.05) is 0 Å². The predicted octanol–water partition coefficient (Wildman–Crippen LogP) is 5.11. The molecule has 0 saturated heterocycles. The van der Waals surface area contributed by atoms with E-state index in [4.69, 9.17) is 10.4 Å². The Balaban J connectivity index is 2.15. The summed E-state index contributed by atoms with van der Waals surface area (Å²) >= 11 is 0. The lowest BCUT2D eigenvalue weighted by atomic mass is 9.96. The Kier molecular flexibility index (Phi) is 4.76. The molecule has 1 aliphatic rings. The molecule has 3 rings (SSSR count). The largest absolute Gasteiger partial charge is 0.292 e. The SMILES string of the molecule is CC(C)CC(=O)c1c(C2CC2)c(-c2ccc(C#N)cc2)nn1C(C)C. The summed E-state index contributed by atoms with van der Waals surface area (Å²) in [6.07, 6.45) is 2.79. The van der Waals surface area contributed by atoms with Gasteiger partial charge in [0.05, 0.1) is 17.3 Å². The summed E-state index contributed by atoms with van der Waals surface area (Å²) < 4.78 is 1.91. The third-order valence-electron chi connectivity index (χ3n) is 4.57. The predicted molar refractivity (Wildman–Crippen MR) is 98.5 cm³/mol. The summed E-state index contributed by atoms with van der Waals surface area (Å²) in [4.78, 5) is 13.0. The van der Waals surface area contributed by atoms with Crippen LogP contribution >= 0.6 is 0 Å². The molecule has 0 bridgehead atoms. The number of rotatable bonds is 6. The highest BCUT2D eigenvalue weighted by Crippen LogP contribution is 2.47. The number of benzene rings is 1. The summed E-state index contributed by atoms with van der Waals surface area (Å²) in [6.45, 7) is 8.29. The zero-order chi connectivity index (χ0) is 18.1. The number of Topliss-reactive ketones (excluding diaryl/α,β-unsaturated/α-hetero) is 1. The van der Waals surface area contributed by atoms with Crippen LogP contribution in [0.3, 0.4) is 0 Å². The minimum Gasteiger partial charge on any atom is -0.292 e. The van der Waals surface area contributed by atoms with E-state index >= 15 is 0 Å². The number of hydrogen-bond donors (Lipinski definition) is 0. The Bertz CT molecular complexity index is 818. The van der Waals surface area contributed by atoms with Gasteiger partial charge in [-0.3, -0.25) is 9.48 Å². The molecule has 0 aliphatic heterocycles. The number of ketones is 1. The molecule has 2 aromatic rings. The molecule has 1 aromatic heterocycles. The van der Waals surface area contributed by atoms with Gasteiger partial charge in [0, 0.05) is 23.6 Å². The molecular formula is C21H25N3O. The Morgan fingerprint density at radius 2 is 1.88 bits per heavy atom.